The van der Waals surface area contributed by atoms with E-state index in [1.165, 1.54) is 7.11 Å². The lowest BCUT2D eigenvalue weighted by Crippen LogP contribution is -2.42. The van der Waals surface area contributed by atoms with Crippen LogP contribution in [0.1, 0.15) is 33.1 Å². The van der Waals surface area contributed by atoms with Crippen molar-refractivity contribution in [3.63, 3.8) is 0 Å². The molecule has 0 aromatic carbocycles. The van der Waals surface area contributed by atoms with Gasteiger partial charge < -0.3 is 14.8 Å². The van der Waals surface area contributed by atoms with E-state index in [0.29, 0.717) is 12.1 Å². The summed E-state index contributed by atoms with van der Waals surface area (Å²) < 4.78 is 10.1. The molecule has 1 aliphatic rings. The van der Waals surface area contributed by atoms with Crippen LogP contribution in [0.2, 0.25) is 0 Å². The van der Waals surface area contributed by atoms with Crippen molar-refractivity contribution in [2.45, 2.75) is 51.3 Å². The molecule has 1 saturated carbocycles. The van der Waals surface area contributed by atoms with Crippen molar-refractivity contribution >= 4 is 5.97 Å². The zero-order chi connectivity index (χ0) is 12.1. The molecule has 1 N–H and O–H groups in total. The first-order valence-corrected chi connectivity index (χ1v) is 5.95. The Hall–Kier alpha value is -0.610. The van der Waals surface area contributed by atoms with Gasteiger partial charge in [0.2, 0.25) is 0 Å². The van der Waals surface area contributed by atoms with Crippen LogP contribution in [0, 0.1) is 5.92 Å². The molecule has 4 unspecified atom stereocenters. The number of methoxy groups -OCH3 is 2. The maximum absolute atomic E-state index is 11.4. The number of ether oxygens (including phenoxy) is 2. The van der Waals surface area contributed by atoms with Crippen molar-refractivity contribution in [3.8, 4) is 0 Å². The number of hydrogen-bond donors (Lipinski definition) is 1. The second-order valence-corrected chi connectivity index (χ2v) is 4.63. The van der Waals surface area contributed by atoms with Crippen LogP contribution < -0.4 is 5.32 Å². The molecule has 1 rings (SSSR count). The van der Waals surface area contributed by atoms with Crippen molar-refractivity contribution < 1.29 is 14.3 Å². The van der Waals surface area contributed by atoms with Crippen LogP contribution in [-0.4, -0.2) is 38.4 Å². The van der Waals surface area contributed by atoms with E-state index in [2.05, 4.69) is 5.32 Å². The summed E-state index contributed by atoms with van der Waals surface area (Å²) in [6, 6.07) is 0.611. The van der Waals surface area contributed by atoms with Gasteiger partial charge in [-0.3, -0.25) is 4.79 Å². The maximum atomic E-state index is 11.4. The Bertz CT molecular complexity index is 232. The molecule has 4 nitrogen and oxygen atoms in total. The fraction of sp³-hybridized carbons (Fsp3) is 0.917. The molecular weight excluding hydrogens is 206 g/mol. The average molecular weight is 229 g/mol. The SMILES string of the molecule is COC(=O)C(C)C(C)NC1CCC(OC)C1. The molecule has 0 radical (unpaired) electrons. The normalized spacial score (nSPS) is 28.8. The van der Waals surface area contributed by atoms with E-state index in [9.17, 15) is 4.79 Å². The molecule has 0 aromatic rings. The monoisotopic (exact) mass is 229 g/mol. The molecule has 16 heavy (non-hydrogen) atoms. The summed E-state index contributed by atoms with van der Waals surface area (Å²) in [5, 5.41) is 3.48. The Morgan fingerprint density at radius 2 is 2.00 bits per heavy atom. The average Bonchev–Trinajstić information content (AvgIpc) is 2.74. The predicted molar refractivity (Wildman–Crippen MR) is 62.2 cm³/mol. The standard InChI is InChI=1S/C12H23NO3/c1-8(12(14)16-4)9(2)13-10-5-6-11(7-10)15-3/h8-11,13H,5-7H2,1-4H3. The fourth-order valence-electron chi connectivity index (χ4n) is 2.21. The van der Waals surface area contributed by atoms with Crippen LogP contribution in [0.5, 0.6) is 0 Å². The van der Waals surface area contributed by atoms with Crippen molar-refractivity contribution in [1.29, 1.82) is 0 Å². The van der Waals surface area contributed by atoms with Gasteiger partial charge in [0.1, 0.15) is 0 Å². The Labute approximate surface area is 97.7 Å². The molecule has 0 amide bonds. The van der Waals surface area contributed by atoms with Gasteiger partial charge in [0, 0.05) is 19.2 Å². The second-order valence-electron chi connectivity index (χ2n) is 4.63. The summed E-state index contributed by atoms with van der Waals surface area (Å²) in [6.45, 7) is 3.92. The minimum atomic E-state index is -0.152. The maximum Gasteiger partial charge on any atom is 0.309 e. The molecular formula is C12H23NO3. The first-order valence-electron chi connectivity index (χ1n) is 5.95. The Morgan fingerprint density at radius 3 is 2.50 bits per heavy atom. The van der Waals surface area contributed by atoms with E-state index in [1.54, 1.807) is 7.11 Å². The lowest BCUT2D eigenvalue weighted by molar-refractivity contribution is -0.145. The highest BCUT2D eigenvalue weighted by Crippen LogP contribution is 2.22. The van der Waals surface area contributed by atoms with E-state index in [-0.39, 0.29) is 17.9 Å². The van der Waals surface area contributed by atoms with Gasteiger partial charge in [0.05, 0.1) is 19.1 Å². The van der Waals surface area contributed by atoms with E-state index < -0.39 is 0 Å². The van der Waals surface area contributed by atoms with E-state index in [0.717, 1.165) is 19.3 Å². The molecule has 0 heterocycles. The zero-order valence-electron chi connectivity index (χ0n) is 10.7. The highest BCUT2D eigenvalue weighted by molar-refractivity contribution is 5.72. The number of carbonyl (C=O) groups is 1. The minimum absolute atomic E-state index is 0.105. The summed E-state index contributed by atoms with van der Waals surface area (Å²) in [5.41, 5.74) is 0. The zero-order valence-corrected chi connectivity index (χ0v) is 10.7. The summed E-state index contributed by atoms with van der Waals surface area (Å²) in [5.74, 6) is -0.257. The van der Waals surface area contributed by atoms with Gasteiger partial charge in [0.25, 0.3) is 0 Å². The molecule has 94 valence electrons. The summed E-state index contributed by atoms with van der Waals surface area (Å²) >= 11 is 0. The lowest BCUT2D eigenvalue weighted by Gasteiger charge is -2.23. The van der Waals surface area contributed by atoms with Gasteiger partial charge in [-0.25, -0.2) is 0 Å². The van der Waals surface area contributed by atoms with Crippen LogP contribution in [0.3, 0.4) is 0 Å². The van der Waals surface area contributed by atoms with Crippen molar-refractivity contribution in [2.75, 3.05) is 14.2 Å². The van der Waals surface area contributed by atoms with Crippen LogP contribution in [-0.2, 0) is 14.3 Å². The van der Waals surface area contributed by atoms with Gasteiger partial charge in [-0.1, -0.05) is 6.92 Å². The van der Waals surface area contributed by atoms with Crippen molar-refractivity contribution in [3.05, 3.63) is 0 Å². The predicted octanol–water partition coefficient (Wildman–Crippen LogP) is 1.34. The quantitative estimate of drug-likeness (QED) is 0.723. The van der Waals surface area contributed by atoms with E-state index in [4.69, 9.17) is 9.47 Å². The van der Waals surface area contributed by atoms with E-state index >= 15 is 0 Å². The fourth-order valence-corrected chi connectivity index (χ4v) is 2.21. The third-order valence-electron chi connectivity index (χ3n) is 3.54. The molecule has 0 aromatic heterocycles. The van der Waals surface area contributed by atoms with Crippen LogP contribution >= 0.6 is 0 Å². The molecule has 0 saturated heterocycles. The van der Waals surface area contributed by atoms with Gasteiger partial charge >= 0.3 is 5.97 Å². The smallest absolute Gasteiger partial charge is 0.309 e. The summed E-state index contributed by atoms with van der Waals surface area (Å²) in [7, 11) is 3.19. The molecule has 1 fully saturated rings. The largest absolute Gasteiger partial charge is 0.469 e. The summed E-state index contributed by atoms with van der Waals surface area (Å²) in [6.07, 6.45) is 3.64. The Balaban J connectivity index is 2.34. The van der Waals surface area contributed by atoms with Crippen molar-refractivity contribution in [2.24, 2.45) is 5.92 Å². The molecule has 0 spiro atoms. The Kier molecular flexibility index (Phi) is 5.22. The van der Waals surface area contributed by atoms with Gasteiger partial charge in [0.15, 0.2) is 0 Å². The second kappa shape index (κ2) is 6.21. The highest BCUT2D eigenvalue weighted by atomic mass is 16.5. The number of nitrogens with one attached hydrogen (secondary N) is 1. The molecule has 0 aliphatic heterocycles. The van der Waals surface area contributed by atoms with Gasteiger partial charge in [-0.2, -0.15) is 0 Å². The topological polar surface area (TPSA) is 47.6 Å². The summed E-state index contributed by atoms with van der Waals surface area (Å²) in [4.78, 5) is 11.4. The number of hydrogen-bond acceptors (Lipinski definition) is 4. The number of esters is 1. The molecule has 4 heteroatoms. The van der Waals surface area contributed by atoms with Crippen LogP contribution in [0.25, 0.3) is 0 Å². The van der Waals surface area contributed by atoms with Gasteiger partial charge in [-0.15, -0.1) is 0 Å². The number of carbonyl (C=O) groups excluding carboxylic acids is 1. The van der Waals surface area contributed by atoms with Crippen molar-refractivity contribution in [1.82, 2.24) is 5.32 Å². The van der Waals surface area contributed by atoms with E-state index in [1.807, 2.05) is 13.8 Å². The van der Waals surface area contributed by atoms with Crippen LogP contribution in [0.15, 0.2) is 0 Å². The third kappa shape index (κ3) is 3.46. The first kappa shape index (κ1) is 13.5. The lowest BCUT2D eigenvalue weighted by atomic mass is 10.0. The molecule has 0 bridgehead atoms. The minimum Gasteiger partial charge on any atom is -0.469 e. The first-order chi connectivity index (χ1) is 7.58. The highest BCUT2D eigenvalue weighted by Gasteiger charge is 2.28. The third-order valence-corrected chi connectivity index (χ3v) is 3.54. The number of rotatable bonds is 5. The Morgan fingerprint density at radius 1 is 1.31 bits per heavy atom. The van der Waals surface area contributed by atoms with Crippen LogP contribution in [0.4, 0.5) is 0 Å². The molecule has 1 aliphatic carbocycles. The molecule has 4 atom stereocenters. The van der Waals surface area contributed by atoms with Gasteiger partial charge in [-0.05, 0) is 26.2 Å².